The predicted octanol–water partition coefficient (Wildman–Crippen LogP) is 2.35. The van der Waals surface area contributed by atoms with Crippen LogP contribution in [0.5, 0.6) is 0 Å². The molecule has 1 aromatic carbocycles. The number of nitrogen functional groups attached to an aromatic ring is 1. The molecule has 0 aliphatic carbocycles. The van der Waals surface area contributed by atoms with E-state index in [1.165, 1.54) is 12.1 Å². The van der Waals surface area contributed by atoms with E-state index in [0.29, 0.717) is 35.7 Å². The third-order valence-electron chi connectivity index (χ3n) is 2.94. The van der Waals surface area contributed by atoms with Gasteiger partial charge in [0.05, 0.1) is 16.1 Å². The third-order valence-corrected chi connectivity index (χ3v) is 3.23. The Morgan fingerprint density at radius 3 is 2.90 bits per heavy atom. The van der Waals surface area contributed by atoms with E-state index < -0.39 is 5.82 Å². The quantitative estimate of drug-likeness (QED) is 0.802. The van der Waals surface area contributed by atoms with Gasteiger partial charge in [-0.25, -0.2) is 9.37 Å². The molecule has 0 aliphatic heterocycles. The summed E-state index contributed by atoms with van der Waals surface area (Å²) in [4.78, 5) is 8.26. The number of anilines is 1. The Labute approximate surface area is 118 Å². The molecule has 8 heteroatoms. The summed E-state index contributed by atoms with van der Waals surface area (Å²) in [6, 6.07) is 2.77. The maximum Gasteiger partial charge on any atom is 0.228 e. The van der Waals surface area contributed by atoms with Crippen LogP contribution >= 0.6 is 11.6 Å². The molecule has 0 bridgehead atoms. The van der Waals surface area contributed by atoms with Crippen molar-refractivity contribution < 1.29 is 8.91 Å². The minimum absolute atomic E-state index is 0.0228. The van der Waals surface area contributed by atoms with Crippen LogP contribution in [0, 0.1) is 12.7 Å². The Hall–Kier alpha value is -2.15. The van der Waals surface area contributed by atoms with Gasteiger partial charge in [0.15, 0.2) is 5.82 Å². The highest BCUT2D eigenvalue weighted by molar-refractivity contribution is 6.31. The number of hydrogen-bond donors (Lipinski definition) is 1. The van der Waals surface area contributed by atoms with Gasteiger partial charge in [-0.1, -0.05) is 16.8 Å². The number of fused-ring (bicyclic) bond motifs is 1. The molecule has 2 N–H and O–H groups in total. The minimum Gasteiger partial charge on any atom is -0.369 e. The number of nitrogens with two attached hydrogens (primary N) is 1. The van der Waals surface area contributed by atoms with Crippen molar-refractivity contribution in [2.24, 2.45) is 0 Å². The minimum atomic E-state index is -0.506. The molecule has 104 valence electrons. The van der Waals surface area contributed by atoms with Crippen molar-refractivity contribution in [1.82, 2.24) is 19.7 Å². The van der Waals surface area contributed by atoms with Gasteiger partial charge in [-0.2, -0.15) is 4.98 Å². The molecular weight excluding hydrogens is 285 g/mol. The number of aromatic nitrogens is 4. The first-order valence-corrected chi connectivity index (χ1v) is 6.32. The molecule has 2 heterocycles. The van der Waals surface area contributed by atoms with Crippen molar-refractivity contribution >= 4 is 28.6 Å². The zero-order chi connectivity index (χ0) is 14.3. The molecule has 0 atom stereocenters. The van der Waals surface area contributed by atoms with E-state index >= 15 is 0 Å². The van der Waals surface area contributed by atoms with Gasteiger partial charge in [-0.3, -0.25) is 0 Å². The van der Waals surface area contributed by atoms with Crippen LogP contribution in [0.1, 0.15) is 11.7 Å². The molecule has 0 unspecified atom stereocenters. The van der Waals surface area contributed by atoms with E-state index in [0.717, 1.165) is 0 Å². The van der Waals surface area contributed by atoms with E-state index in [2.05, 4.69) is 15.1 Å². The van der Waals surface area contributed by atoms with Crippen molar-refractivity contribution in [3.05, 3.63) is 34.7 Å². The second kappa shape index (κ2) is 4.75. The SMILES string of the molecule is Cc1noc(CCn2c(N)nc3cc(Cl)c(F)cc32)n1. The van der Waals surface area contributed by atoms with Crippen molar-refractivity contribution in [3.8, 4) is 0 Å². The molecule has 2 aromatic heterocycles. The molecule has 0 radical (unpaired) electrons. The summed E-state index contributed by atoms with van der Waals surface area (Å²) in [6.07, 6.45) is 0.487. The lowest BCUT2D eigenvalue weighted by Gasteiger charge is -2.04. The lowest BCUT2D eigenvalue weighted by molar-refractivity contribution is 0.369. The summed E-state index contributed by atoms with van der Waals surface area (Å²) in [5.41, 5.74) is 6.98. The van der Waals surface area contributed by atoms with Gasteiger partial charge >= 0.3 is 0 Å². The second-order valence-corrected chi connectivity index (χ2v) is 4.77. The van der Waals surface area contributed by atoms with Gasteiger partial charge < -0.3 is 14.8 Å². The highest BCUT2D eigenvalue weighted by atomic mass is 35.5. The van der Waals surface area contributed by atoms with Crippen molar-refractivity contribution in [2.75, 3.05) is 5.73 Å². The largest absolute Gasteiger partial charge is 0.369 e. The monoisotopic (exact) mass is 295 g/mol. The fourth-order valence-corrected chi connectivity index (χ4v) is 2.18. The Morgan fingerprint density at radius 2 is 2.20 bits per heavy atom. The van der Waals surface area contributed by atoms with Crippen LogP contribution in [0.25, 0.3) is 11.0 Å². The van der Waals surface area contributed by atoms with Crippen LogP contribution in [0.2, 0.25) is 5.02 Å². The predicted molar refractivity (Wildman–Crippen MR) is 71.9 cm³/mol. The van der Waals surface area contributed by atoms with Crippen LogP contribution in [0.3, 0.4) is 0 Å². The first-order chi connectivity index (χ1) is 9.54. The Bertz CT molecular complexity index is 782. The molecule has 0 aliphatic rings. The molecule has 0 saturated carbocycles. The number of benzene rings is 1. The van der Waals surface area contributed by atoms with Crippen LogP contribution < -0.4 is 5.73 Å². The summed E-state index contributed by atoms with van der Waals surface area (Å²) < 4.78 is 20.3. The summed E-state index contributed by atoms with van der Waals surface area (Å²) in [5, 5.41) is 3.73. The van der Waals surface area contributed by atoms with Crippen LogP contribution in [-0.4, -0.2) is 19.7 Å². The topological polar surface area (TPSA) is 82.8 Å². The van der Waals surface area contributed by atoms with E-state index in [4.69, 9.17) is 21.9 Å². The molecule has 0 saturated heterocycles. The summed E-state index contributed by atoms with van der Waals surface area (Å²) >= 11 is 5.73. The van der Waals surface area contributed by atoms with Crippen molar-refractivity contribution in [3.63, 3.8) is 0 Å². The van der Waals surface area contributed by atoms with Crippen molar-refractivity contribution in [2.45, 2.75) is 19.9 Å². The smallest absolute Gasteiger partial charge is 0.228 e. The van der Waals surface area contributed by atoms with Crippen molar-refractivity contribution in [1.29, 1.82) is 0 Å². The highest BCUT2D eigenvalue weighted by Gasteiger charge is 2.13. The Kier molecular flexibility index (Phi) is 3.06. The zero-order valence-corrected chi connectivity index (χ0v) is 11.4. The maximum atomic E-state index is 13.5. The van der Waals surface area contributed by atoms with Crippen LogP contribution in [0.15, 0.2) is 16.7 Å². The number of halogens is 2. The van der Waals surface area contributed by atoms with Gasteiger partial charge in [0.2, 0.25) is 11.8 Å². The maximum absolute atomic E-state index is 13.5. The summed E-state index contributed by atoms with van der Waals surface area (Å²) in [5.74, 6) is 0.853. The fourth-order valence-electron chi connectivity index (χ4n) is 2.02. The normalized spacial score (nSPS) is 11.3. The average molecular weight is 296 g/mol. The number of imidazole rings is 1. The summed E-state index contributed by atoms with van der Waals surface area (Å²) in [6.45, 7) is 2.20. The zero-order valence-electron chi connectivity index (χ0n) is 10.6. The van der Waals surface area contributed by atoms with Gasteiger partial charge in [0.25, 0.3) is 0 Å². The van der Waals surface area contributed by atoms with Crippen LogP contribution in [0.4, 0.5) is 10.3 Å². The number of rotatable bonds is 3. The molecule has 20 heavy (non-hydrogen) atoms. The van der Waals surface area contributed by atoms with Gasteiger partial charge in [-0.15, -0.1) is 0 Å². The highest BCUT2D eigenvalue weighted by Crippen LogP contribution is 2.24. The molecular formula is C12H11ClFN5O. The van der Waals surface area contributed by atoms with Gasteiger partial charge in [0, 0.05) is 19.0 Å². The van der Waals surface area contributed by atoms with E-state index in [1.807, 2.05) is 0 Å². The Morgan fingerprint density at radius 1 is 1.40 bits per heavy atom. The van der Waals surface area contributed by atoms with E-state index in [1.54, 1.807) is 11.5 Å². The lowest BCUT2D eigenvalue weighted by atomic mass is 10.3. The molecule has 3 aromatic rings. The number of hydrogen-bond acceptors (Lipinski definition) is 5. The Balaban J connectivity index is 1.94. The first-order valence-electron chi connectivity index (χ1n) is 5.94. The molecule has 0 amide bonds. The fraction of sp³-hybridized carbons (Fsp3) is 0.250. The second-order valence-electron chi connectivity index (χ2n) is 4.36. The number of nitrogens with zero attached hydrogens (tertiary/aromatic N) is 4. The van der Waals surface area contributed by atoms with Crippen LogP contribution in [-0.2, 0) is 13.0 Å². The number of aryl methyl sites for hydroxylation is 3. The van der Waals surface area contributed by atoms with Gasteiger partial charge in [0.1, 0.15) is 5.82 Å². The molecule has 0 spiro atoms. The molecule has 3 rings (SSSR count). The molecule has 6 nitrogen and oxygen atoms in total. The molecule has 0 fully saturated rings. The standard InChI is InChI=1S/C12H11ClFN5O/c1-6-16-11(20-18-6)2-3-19-10-5-8(14)7(13)4-9(10)17-12(19)15/h4-5H,2-3H2,1H3,(H2,15,17). The van der Waals surface area contributed by atoms with E-state index in [9.17, 15) is 4.39 Å². The van der Waals surface area contributed by atoms with E-state index in [-0.39, 0.29) is 11.0 Å². The average Bonchev–Trinajstić information content (AvgIpc) is 2.92. The lowest BCUT2D eigenvalue weighted by Crippen LogP contribution is -2.06. The first kappa shape index (κ1) is 12.9. The third kappa shape index (κ3) is 2.20. The van der Waals surface area contributed by atoms with Gasteiger partial charge in [-0.05, 0) is 13.0 Å². The summed E-state index contributed by atoms with van der Waals surface area (Å²) in [7, 11) is 0.